The average molecular weight is 597 g/mol. The lowest BCUT2D eigenvalue weighted by Gasteiger charge is -2.36. The number of hydrogen-bond acceptors (Lipinski definition) is 8. The molecule has 2 aromatic carbocycles. The van der Waals surface area contributed by atoms with E-state index in [1.165, 1.54) is 11.0 Å². The Hall–Kier alpha value is -2.57. The third-order valence-corrected chi connectivity index (χ3v) is 10.2. The van der Waals surface area contributed by atoms with Crippen molar-refractivity contribution in [2.24, 2.45) is 11.1 Å². The smallest absolute Gasteiger partial charge is 0.250 e. The van der Waals surface area contributed by atoms with E-state index < -0.39 is 33.4 Å². The van der Waals surface area contributed by atoms with Crippen molar-refractivity contribution in [1.29, 1.82) is 0 Å². The van der Waals surface area contributed by atoms with Gasteiger partial charge in [-0.1, -0.05) is 23.7 Å². The molecule has 0 unspecified atom stereocenters. The van der Waals surface area contributed by atoms with E-state index in [2.05, 4.69) is 10.2 Å². The van der Waals surface area contributed by atoms with Crippen LogP contribution in [0, 0.1) is 11.2 Å². The summed E-state index contributed by atoms with van der Waals surface area (Å²) >= 11 is 12.1. The second-order valence-electron chi connectivity index (χ2n) is 10.3. The summed E-state index contributed by atoms with van der Waals surface area (Å²) in [6, 6.07) is 7.49. The zero-order valence-corrected chi connectivity index (χ0v) is 23.1. The molecule has 0 radical (unpaired) electrons. The van der Waals surface area contributed by atoms with Crippen LogP contribution >= 0.6 is 23.2 Å². The molecule has 1 saturated carbocycles. The van der Waals surface area contributed by atoms with Crippen LogP contribution in [0.4, 0.5) is 10.1 Å². The number of carbonyl (C=O) groups is 1. The molecule has 208 valence electrons. The van der Waals surface area contributed by atoms with Crippen LogP contribution in [0.25, 0.3) is 11.5 Å². The summed E-state index contributed by atoms with van der Waals surface area (Å²) < 4.78 is 47.4. The van der Waals surface area contributed by atoms with E-state index in [0.29, 0.717) is 48.0 Å². The number of fused-ring (bicyclic) bond motifs is 1. The number of aliphatic hydroxyl groups is 1. The number of rotatable bonds is 6. The van der Waals surface area contributed by atoms with Crippen LogP contribution in [0.3, 0.4) is 0 Å². The number of anilines is 1. The van der Waals surface area contributed by atoms with Gasteiger partial charge >= 0.3 is 0 Å². The van der Waals surface area contributed by atoms with Crippen molar-refractivity contribution in [2.75, 3.05) is 23.1 Å². The number of halogens is 3. The second-order valence-corrected chi connectivity index (χ2v) is 13.0. The van der Waals surface area contributed by atoms with E-state index in [9.17, 15) is 18.3 Å². The lowest BCUT2D eigenvalue weighted by molar-refractivity contribution is -0.119. The molecule has 3 aromatic rings. The van der Waals surface area contributed by atoms with Crippen molar-refractivity contribution in [2.45, 2.75) is 49.1 Å². The topological polar surface area (TPSA) is 140 Å². The van der Waals surface area contributed by atoms with E-state index in [4.69, 9.17) is 33.4 Å². The van der Waals surface area contributed by atoms with Crippen molar-refractivity contribution in [1.82, 2.24) is 10.2 Å². The number of nitrogens with two attached hydrogens (primary N) is 1. The quantitative estimate of drug-likeness (QED) is 0.406. The number of benzene rings is 2. The number of amides is 1. The molecule has 3 N–H and O–H groups in total. The summed E-state index contributed by atoms with van der Waals surface area (Å²) in [5.74, 6) is -1.70. The third-order valence-electron chi connectivity index (χ3n) is 7.60. The molecular weight excluding hydrogens is 570 g/mol. The van der Waals surface area contributed by atoms with Gasteiger partial charge in [0.25, 0.3) is 5.89 Å². The molecular formula is C26H27Cl2FN4O5S. The van der Waals surface area contributed by atoms with Crippen LogP contribution in [0.2, 0.25) is 5.02 Å². The van der Waals surface area contributed by atoms with Gasteiger partial charge in [-0.3, -0.25) is 4.79 Å². The fourth-order valence-corrected chi connectivity index (χ4v) is 7.18. The van der Waals surface area contributed by atoms with Gasteiger partial charge in [0.05, 0.1) is 34.5 Å². The van der Waals surface area contributed by atoms with Crippen LogP contribution in [-0.2, 0) is 21.2 Å². The maximum absolute atomic E-state index is 15.4. The molecule has 0 bridgehead atoms. The molecule has 0 saturated heterocycles. The summed E-state index contributed by atoms with van der Waals surface area (Å²) in [7, 11) is -4.09. The van der Waals surface area contributed by atoms with E-state index in [-0.39, 0.29) is 46.5 Å². The van der Waals surface area contributed by atoms with Gasteiger partial charge in [0.1, 0.15) is 5.82 Å². The van der Waals surface area contributed by atoms with Crippen LogP contribution in [0.15, 0.2) is 45.7 Å². The summed E-state index contributed by atoms with van der Waals surface area (Å²) in [6.45, 7) is -0.0158. The molecule has 0 spiro atoms. The number of aliphatic hydroxyl groups excluding tert-OH is 1. The van der Waals surface area contributed by atoms with Crippen molar-refractivity contribution >= 4 is 44.6 Å². The van der Waals surface area contributed by atoms with E-state index in [1.54, 1.807) is 24.3 Å². The Balaban J connectivity index is 1.52. The Labute approximate surface area is 235 Å². The van der Waals surface area contributed by atoms with Crippen molar-refractivity contribution in [3.8, 4) is 11.5 Å². The van der Waals surface area contributed by atoms with Crippen molar-refractivity contribution < 1.29 is 27.1 Å². The first kappa shape index (κ1) is 28.0. The van der Waals surface area contributed by atoms with Gasteiger partial charge in [-0.25, -0.2) is 12.8 Å². The Morgan fingerprint density at radius 1 is 1.18 bits per heavy atom. The van der Waals surface area contributed by atoms with Gasteiger partial charge in [-0.15, -0.1) is 21.8 Å². The molecule has 13 heteroatoms. The van der Waals surface area contributed by atoms with E-state index in [1.807, 2.05) is 0 Å². The van der Waals surface area contributed by atoms with Crippen LogP contribution in [0.1, 0.15) is 43.1 Å². The highest BCUT2D eigenvalue weighted by atomic mass is 35.5. The maximum atomic E-state index is 15.4. The molecule has 1 aromatic heterocycles. The highest BCUT2D eigenvalue weighted by Crippen LogP contribution is 2.44. The summed E-state index contributed by atoms with van der Waals surface area (Å²) in [4.78, 5) is 14.1. The zero-order chi connectivity index (χ0) is 27.9. The van der Waals surface area contributed by atoms with Gasteiger partial charge in [-0.2, -0.15) is 0 Å². The fourth-order valence-electron chi connectivity index (χ4n) is 5.14. The van der Waals surface area contributed by atoms with Crippen molar-refractivity contribution in [3.63, 3.8) is 0 Å². The number of sulfone groups is 1. The SMILES string of the molecule is N[C@H]1CS(=O)(=O)c2cc(F)c(-c3nnc(C4CCC(CO)(CCl)CC4)o3)cc2N(Cc2ccc(Cl)cc2)C1=O. The summed E-state index contributed by atoms with van der Waals surface area (Å²) in [6.07, 6.45) is 2.70. The standard InChI is InChI=1S/C26H27Cl2FN4O5S/c27-13-26(14-34)7-5-16(6-8-26)23-31-32-24(38-23)18-9-21-22(10-19(18)29)39(36,37)12-20(30)25(35)33(21)11-15-1-3-17(28)4-2-15/h1-4,9-10,16,20,34H,5-8,11-14,30H2/t16?,20-,26?/m0/s1. The molecule has 5 rings (SSSR count). The van der Waals surface area contributed by atoms with Crippen LogP contribution < -0.4 is 10.6 Å². The summed E-state index contributed by atoms with van der Waals surface area (Å²) in [5.41, 5.74) is 6.14. The number of hydrogen-bond donors (Lipinski definition) is 2. The minimum Gasteiger partial charge on any atom is -0.420 e. The highest BCUT2D eigenvalue weighted by Gasteiger charge is 2.39. The molecule has 1 fully saturated rings. The lowest BCUT2D eigenvalue weighted by atomic mass is 9.72. The Morgan fingerprint density at radius 2 is 1.87 bits per heavy atom. The first-order valence-electron chi connectivity index (χ1n) is 12.4. The lowest BCUT2D eigenvalue weighted by Crippen LogP contribution is -2.45. The molecule has 9 nitrogen and oxygen atoms in total. The van der Waals surface area contributed by atoms with Crippen molar-refractivity contribution in [3.05, 3.63) is 58.7 Å². The molecule has 1 atom stereocenters. The molecule has 39 heavy (non-hydrogen) atoms. The highest BCUT2D eigenvalue weighted by molar-refractivity contribution is 7.91. The van der Waals surface area contributed by atoms with Gasteiger partial charge in [-0.05, 0) is 55.5 Å². The monoisotopic (exact) mass is 596 g/mol. The zero-order valence-electron chi connectivity index (χ0n) is 20.8. The minimum atomic E-state index is -4.09. The maximum Gasteiger partial charge on any atom is 0.250 e. The van der Waals surface area contributed by atoms with Crippen LogP contribution in [-0.4, -0.2) is 53.9 Å². The van der Waals surface area contributed by atoms with Crippen LogP contribution in [0.5, 0.6) is 0 Å². The largest absolute Gasteiger partial charge is 0.420 e. The first-order chi connectivity index (χ1) is 18.6. The van der Waals surface area contributed by atoms with Gasteiger partial charge in [0, 0.05) is 28.8 Å². The summed E-state index contributed by atoms with van der Waals surface area (Å²) in [5, 5.41) is 18.4. The second kappa shape index (κ2) is 10.8. The Kier molecular flexibility index (Phi) is 7.73. The predicted molar refractivity (Wildman–Crippen MR) is 144 cm³/mol. The first-order valence-corrected chi connectivity index (χ1v) is 15.0. The Bertz CT molecular complexity index is 1480. The molecule has 2 aliphatic rings. The number of carbonyl (C=O) groups excluding carboxylic acids is 1. The fraction of sp³-hybridized carbons (Fsp3) is 0.423. The number of aromatic nitrogens is 2. The number of nitrogens with zero attached hydrogens (tertiary/aromatic N) is 3. The van der Waals surface area contributed by atoms with Gasteiger partial charge in [0.15, 0.2) is 9.84 Å². The Morgan fingerprint density at radius 3 is 2.51 bits per heavy atom. The minimum absolute atomic E-state index is 0.00353. The average Bonchev–Trinajstić information content (AvgIpc) is 3.40. The normalized spacial score (nSPS) is 24.8. The molecule has 1 aliphatic carbocycles. The van der Waals surface area contributed by atoms with E-state index >= 15 is 4.39 Å². The third kappa shape index (κ3) is 5.43. The molecule has 1 aliphatic heterocycles. The number of alkyl halides is 1. The van der Waals surface area contributed by atoms with Gasteiger partial charge < -0.3 is 20.2 Å². The van der Waals surface area contributed by atoms with Gasteiger partial charge in [0.2, 0.25) is 11.8 Å². The molecule has 1 amide bonds. The predicted octanol–water partition coefficient (Wildman–Crippen LogP) is 4.05. The molecule has 2 heterocycles. The van der Waals surface area contributed by atoms with E-state index in [0.717, 1.165) is 6.07 Å².